The quantitative estimate of drug-likeness (QED) is 0.193. The van der Waals surface area contributed by atoms with Crippen molar-refractivity contribution in [3.05, 3.63) is 87.4 Å². The van der Waals surface area contributed by atoms with Gasteiger partial charge in [-0.05, 0) is 77.6 Å². The molecule has 0 unspecified atom stereocenters. The van der Waals surface area contributed by atoms with E-state index >= 15 is 0 Å². The Balaban J connectivity index is 1.43. The molecule has 2 aromatic heterocycles. The second-order valence-corrected chi connectivity index (χ2v) is 14.0. The summed E-state index contributed by atoms with van der Waals surface area (Å²) in [6.45, 7) is 12.1. The molecule has 232 valence electrons. The van der Waals surface area contributed by atoms with Crippen molar-refractivity contribution in [1.82, 2.24) is 10.3 Å². The van der Waals surface area contributed by atoms with Gasteiger partial charge in [-0.15, -0.1) is 11.3 Å². The lowest BCUT2D eigenvalue weighted by Crippen LogP contribution is -2.43. The van der Waals surface area contributed by atoms with Crippen LogP contribution in [0.2, 0.25) is 0 Å². The molecule has 2 aromatic carbocycles. The number of ether oxygens (including phenoxy) is 3. The molecule has 44 heavy (non-hydrogen) atoms. The standard InChI is InChI=1S/C36H42N2O5S/c1-22(2)32-14-13-28(44-32)21-31(35(40)41-6)38-34(39)30-19-24-7-10-27(43-26-11-8-25(9-12-26)36(3,4)5)20-29(24)33(37-30)23-15-17-42-18-16-23/h7-14,19-20,22-23,31H,15-18,21H2,1-6H3,(H,38,39)/t31-/m0/s1. The first-order valence-electron chi connectivity index (χ1n) is 15.3. The molecule has 1 fully saturated rings. The maximum atomic E-state index is 13.6. The van der Waals surface area contributed by atoms with Gasteiger partial charge in [-0.25, -0.2) is 9.78 Å². The molecule has 8 heteroatoms. The van der Waals surface area contributed by atoms with E-state index in [9.17, 15) is 9.59 Å². The van der Waals surface area contributed by atoms with Crippen molar-refractivity contribution < 1.29 is 23.8 Å². The van der Waals surface area contributed by atoms with Gasteiger partial charge in [0.05, 0.1) is 12.8 Å². The van der Waals surface area contributed by atoms with Gasteiger partial charge in [0.25, 0.3) is 5.91 Å². The molecule has 3 heterocycles. The first-order chi connectivity index (χ1) is 21.0. The predicted molar refractivity (Wildman–Crippen MR) is 175 cm³/mol. The molecule has 4 aromatic rings. The lowest BCUT2D eigenvalue weighted by molar-refractivity contribution is -0.142. The molecule has 0 spiro atoms. The number of pyridine rings is 1. The smallest absolute Gasteiger partial charge is 0.328 e. The van der Waals surface area contributed by atoms with Crippen molar-refractivity contribution in [3.63, 3.8) is 0 Å². The number of aromatic nitrogens is 1. The van der Waals surface area contributed by atoms with Crippen LogP contribution in [-0.4, -0.2) is 43.2 Å². The van der Waals surface area contributed by atoms with Gasteiger partial charge in [-0.3, -0.25) is 4.79 Å². The van der Waals surface area contributed by atoms with Crippen molar-refractivity contribution in [1.29, 1.82) is 0 Å². The van der Waals surface area contributed by atoms with E-state index in [4.69, 9.17) is 19.2 Å². The molecule has 1 aliphatic rings. The fourth-order valence-electron chi connectivity index (χ4n) is 5.46. The van der Waals surface area contributed by atoms with Crippen LogP contribution in [0.15, 0.2) is 60.7 Å². The predicted octanol–water partition coefficient (Wildman–Crippen LogP) is 7.92. The van der Waals surface area contributed by atoms with E-state index in [0.29, 0.717) is 31.3 Å². The highest BCUT2D eigenvalue weighted by Crippen LogP contribution is 2.35. The lowest BCUT2D eigenvalue weighted by atomic mass is 9.87. The molecular formula is C36H42N2O5S. The number of fused-ring (bicyclic) bond motifs is 1. The van der Waals surface area contributed by atoms with Crippen molar-refractivity contribution in [2.24, 2.45) is 0 Å². The minimum Gasteiger partial charge on any atom is -0.467 e. The zero-order valence-electron chi connectivity index (χ0n) is 26.4. The molecule has 1 amide bonds. The molecular weight excluding hydrogens is 572 g/mol. The maximum Gasteiger partial charge on any atom is 0.328 e. The molecule has 1 N–H and O–H groups in total. The van der Waals surface area contributed by atoms with Crippen LogP contribution < -0.4 is 10.1 Å². The SMILES string of the molecule is COC(=O)[C@H](Cc1ccc(C(C)C)s1)NC(=O)c1cc2ccc(Oc3ccc(C(C)(C)C)cc3)cc2c(C2CCOCC2)n1. The Morgan fingerprint density at radius 1 is 1.00 bits per heavy atom. The van der Waals surface area contributed by atoms with Crippen LogP contribution in [0.1, 0.15) is 90.8 Å². The first kappa shape index (κ1) is 31.7. The van der Waals surface area contributed by atoms with E-state index < -0.39 is 17.9 Å². The van der Waals surface area contributed by atoms with Crippen LogP contribution in [0.5, 0.6) is 11.5 Å². The summed E-state index contributed by atoms with van der Waals surface area (Å²) in [5.74, 6) is 1.10. The lowest BCUT2D eigenvalue weighted by Gasteiger charge is -2.24. The molecule has 0 bridgehead atoms. The Morgan fingerprint density at radius 3 is 2.34 bits per heavy atom. The number of esters is 1. The highest BCUT2D eigenvalue weighted by atomic mass is 32.1. The molecule has 7 nitrogen and oxygen atoms in total. The summed E-state index contributed by atoms with van der Waals surface area (Å²) in [6.07, 6.45) is 1.98. The van der Waals surface area contributed by atoms with Crippen LogP contribution >= 0.6 is 11.3 Å². The van der Waals surface area contributed by atoms with Gasteiger partial charge < -0.3 is 19.5 Å². The zero-order chi connectivity index (χ0) is 31.4. The maximum absolute atomic E-state index is 13.6. The van der Waals surface area contributed by atoms with Gasteiger partial charge in [0.2, 0.25) is 0 Å². The Labute approximate surface area is 263 Å². The minimum atomic E-state index is -0.823. The van der Waals surface area contributed by atoms with Crippen LogP contribution in [0.25, 0.3) is 10.8 Å². The van der Waals surface area contributed by atoms with E-state index in [1.54, 1.807) is 17.4 Å². The summed E-state index contributed by atoms with van der Waals surface area (Å²) < 4.78 is 16.9. The van der Waals surface area contributed by atoms with Crippen molar-refractivity contribution in [2.45, 2.75) is 77.2 Å². The Morgan fingerprint density at radius 2 is 1.70 bits per heavy atom. The third-order valence-electron chi connectivity index (χ3n) is 8.08. The fourth-order valence-corrected chi connectivity index (χ4v) is 6.52. The Kier molecular flexibility index (Phi) is 9.71. The number of nitrogens with one attached hydrogen (secondary N) is 1. The zero-order valence-corrected chi connectivity index (χ0v) is 27.3. The minimum absolute atomic E-state index is 0.0634. The number of hydrogen-bond acceptors (Lipinski definition) is 7. The number of methoxy groups -OCH3 is 1. The van der Waals surface area contributed by atoms with Crippen LogP contribution in [0.3, 0.4) is 0 Å². The third-order valence-corrected chi connectivity index (χ3v) is 9.49. The second-order valence-electron chi connectivity index (χ2n) is 12.8. The number of carbonyl (C=O) groups is 2. The van der Waals surface area contributed by atoms with E-state index in [0.717, 1.165) is 39.9 Å². The number of carbonyl (C=O) groups excluding carboxylic acids is 2. The van der Waals surface area contributed by atoms with E-state index in [2.05, 4.69) is 58.1 Å². The van der Waals surface area contributed by atoms with Gasteiger partial charge in [0, 0.05) is 40.7 Å². The fraction of sp³-hybridized carbons (Fsp3) is 0.417. The number of rotatable bonds is 9. The molecule has 1 atom stereocenters. The van der Waals surface area contributed by atoms with E-state index in [1.165, 1.54) is 17.6 Å². The number of benzene rings is 2. The van der Waals surface area contributed by atoms with Crippen molar-refractivity contribution in [2.75, 3.05) is 20.3 Å². The largest absolute Gasteiger partial charge is 0.467 e. The average Bonchev–Trinajstić information content (AvgIpc) is 3.49. The van der Waals surface area contributed by atoms with Gasteiger partial charge in [-0.2, -0.15) is 0 Å². The molecule has 5 rings (SSSR count). The highest BCUT2D eigenvalue weighted by molar-refractivity contribution is 7.12. The van der Waals surface area contributed by atoms with Crippen molar-refractivity contribution >= 4 is 34.0 Å². The second kappa shape index (κ2) is 13.5. The third kappa shape index (κ3) is 7.48. The number of thiophene rings is 1. The Hall–Kier alpha value is -3.75. The summed E-state index contributed by atoms with van der Waals surface area (Å²) in [4.78, 5) is 33.5. The number of nitrogens with zero attached hydrogens (tertiary/aromatic N) is 1. The average molecular weight is 615 g/mol. The summed E-state index contributed by atoms with van der Waals surface area (Å²) in [6, 6.07) is 19.1. The monoisotopic (exact) mass is 614 g/mol. The highest BCUT2D eigenvalue weighted by Gasteiger charge is 2.27. The molecule has 1 aliphatic heterocycles. The Bertz CT molecular complexity index is 1610. The van der Waals surface area contributed by atoms with Gasteiger partial charge in [0.1, 0.15) is 23.2 Å². The van der Waals surface area contributed by atoms with Crippen molar-refractivity contribution in [3.8, 4) is 11.5 Å². The molecule has 1 saturated heterocycles. The summed E-state index contributed by atoms with van der Waals surface area (Å²) in [5.41, 5.74) is 2.42. The van der Waals surface area contributed by atoms with E-state index in [-0.39, 0.29) is 17.0 Å². The molecule has 0 aliphatic carbocycles. The first-order valence-corrected chi connectivity index (χ1v) is 16.1. The summed E-state index contributed by atoms with van der Waals surface area (Å²) >= 11 is 1.65. The van der Waals surface area contributed by atoms with Gasteiger partial charge >= 0.3 is 5.97 Å². The van der Waals surface area contributed by atoms with Gasteiger partial charge in [0.15, 0.2) is 0 Å². The summed E-state index contributed by atoms with van der Waals surface area (Å²) in [7, 11) is 1.34. The summed E-state index contributed by atoms with van der Waals surface area (Å²) in [5, 5.41) is 4.74. The number of amides is 1. The molecule has 0 saturated carbocycles. The number of hydrogen-bond donors (Lipinski definition) is 1. The normalized spacial score (nSPS) is 14.9. The van der Waals surface area contributed by atoms with Crippen LogP contribution in [0, 0.1) is 0 Å². The van der Waals surface area contributed by atoms with E-state index in [1.807, 2.05) is 36.4 Å². The van der Waals surface area contributed by atoms with Crippen LogP contribution in [-0.2, 0) is 26.1 Å². The topological polar surface area (TPSA) is 86.8 Å². The van der Waals surface area contributed by atoms with Gasteiger partial charge in [-0.1, -0.05) is 52.8 Å². The molecule has 0 radical (unpaired) electrons. The van der Waals surface area contributed by atoms with Crippen LogP contribution in [0.4, 0.5) is 0 Å².